The molecule has 0 amide bonds. The zero-order valence-electron chi connectivity index (χ0n) is 29.3. The Labute approximate surface area is 281 Å². The fourth-order valence-electron chi connectivity index (χ4n) is 3.82. The molecule has 0 aromatic heterocycles. The molecule has 0 saturated heterocycles. The van der Waals surface area contributed by atoms with Crippen molar-refractivity contribution in [3.63, 3.8) is 0 Å². The first-order valence-corrected chi connectivity index (χ1v) is 14.5. The van der Waals surface area contributed by atoms with Crippen molar-refractivity contribution < 1.29 is 29.0 Å². The summed E-state index contributed by atoms with van der Waals surface area (Å²) in [4.78, 5) is 37.3. The number of nitrogens with zero attached hydrogens (tertiary/aromatic N) is 2. The van der Waals surface area contributed by atoms with Gasteiger partial charge in [-0.25, -0.2) is 14.4 Å². The van der Waals surface area contributed by atoms with Gasteiger partial charge in [-0.05, 0) is 123 Å². The second kappa shape index (κ2) is 17.8. The number of carbonyl (C=O) groups is 3. The predicted molar refractivity (Wildman–Crippen MR) is 187 cm³/mol. The molecule has 0 aliphatic heterocycles. The minimum Gasteiger partial charge on any atom is -0.478 e. The van der Waals surface area contributed by atoms with E-state index in [9.17, 15) is 14.4 Å². The molecule has 3 N–H and O–H groups in total. The van der Waals surface area contributed by atoms with Gasteiger partial charge in [-0.1, -0.05) is 36.4 Å². The molecular formula is C36H52ClN3O6. The maximum absolute atomic E-state index is 11.3. The monoisotopic (exact) mass is 657 g/mol. The summed E-state index contributed by atoms with van der Waals surface area (Å²) in [7, 11) is 10.8. The summed E-state index contributed by atoms with van der Waals surface area (Å²) in [6.45, 7) is 12.3. The van der Waals surface area contributed by atoms with Gasteiger partial charge >= 0.3 is 17.9 Å². The molecule has 0 heterocycles. The van der Waals surface area contributed by atoms with Gasteiger partial charge in [0.05, 0.1) is 30.9 Å². The average molecular weight is 658 g/mol. The van der Waals surface area contributed by atoms with E-state index in [1.165, 1.54) is 19.8 Å². The lowest BCUT2D eigenvalue weighted by molar-refractivity contribution is 0.0591. The number of carboxylic acid groups (broad SMARTS) is 1. The van der Waals surface area contributed by atoms with E-state index >= 15 is 0 Å². The van der Waals surface area contributed by atoms with Crippen molar-refractivity contribution in [2.24, 2.45) is 5.73 Å². The molecule has 3 rings (SSSR count). The highest BCUT2D eigenvalue weighted by molar-refractivity contribution is 5.90. The van der Waals surface area contributed by atoms with E-state index in [0.717, 1.165) is 11.1 Å². The summed E-state index contributed by atoms with van der Waals surface area (Å²) >= 11 is 0. The van der Waals surface area contributed by atoms with Gasteiger partial charge in [0.1, 0.15) is 0 Å². The van der Waals surface area contributed by atoms with E-state index in [1.54, 1.807) is 36.4 Å². The van der Waals surface area contributed by atoms with Gasteiger partial charge in [-0.15, -0.1) is 12.4 Å². The predicted octanol–water partition coefficient (Wildman–Crippen LogP) is 6.54. The molecular weight excluding hydrogens is 606 g/mol. The van der Waals surface area contributed by atoms with Crippen LogP contribution in [0.2, 0.25) is 0 Å². The van der Waals surface area contributed by atoms with E-state index in [1.807, 2.05) is 78.4 Å². The van der Waals surface area contributed by atoms with E-state index < -0.39 is 5.97 Å². The van der Waals surface area contributed by atoms with Crippen molar-refractivity contribution in [1.29, 1.82) is 0 Å². The third-order valence-electron chi connectivity index (χ3n) is 8.14. The zero-order valence-corrected chi connectivity index (χ0v) is 30.1. The summed E-state index contributed by atoms with van der Waals surface area (Å²) in [5, 5.41) is 8.78. The number of hydrogen-bond donors (Lipinski definition) is 2. The van der Waals surface area contributed by atoms with Crippen molar-refractivity contribution in [1.82, 2.24) is 9.80 Å². The molecule has 0 aliphatic carbocycles. The number of ether oxygens (including phenoxy) is 2. The summed E-state index contributed by atoms with van der Waals surface area (Å²) in [5.41, 5.74) is 10.1. The molecule has 0 spiro atoms. The standard InChI is InChI=1S/C13H19NO2.C12H17NO2.C11H15NO2.ClH/c1-13(2,14(3)4)11-8-6-10(7-9-11)12(15)16-5;1-12(2,13(3)4)10-7-5-9(6-8-10)11(14)15;1-11(2,12)9-6-4-8(5-7-9)10(13)14-3;/h6-9H,1-5H3;5-8H,1-4H3,(H,14,15);4-7H,12H2,1-3H3;1H. The lowest BCUT2D eigenvalue weighted by atomic mass is 9.92. The van der Waals surface area contributed by atoms with E-state index in [-0.39, 0.29) is 41.0 Å². The van der Waals surface area contributed by atoms with Crippen LogP contribution >= 0.6 is 12.4 Å². The second-order valence-corrected chi connectivity index (χ2v) is 12.6. The number of rotatable bonds is 8. The molecule has 0 bridgehead atoms. The van der Waals surface area contributed by atoms with Crippen LogP contribution in [0.1, 0.15) is 89.3 Å². The van der Waals surface area contributed by atoms with Gasteiger partial charge in [0.15, 0.2) is 0 Å². The number of esters is 2. The lowest BCUT2D eigenvalue weighted by Crippen LogP contribution is -2.35. The average Bonchev–Trinajstić information content (AvgIpc) is 3.00. The number of hydrogen-bond acceptors (Lipinski definition) is 8. The molecule has 0 atom stereocenters. The number of benzene rings is 3. The zero-order chi connectivity index (χ0) is 34.8. The van der Waals surface area contributed by atoms with Gasteiger partial charge in [-0.2, -0.15) is 0 Å². The fourth-order valence-corrected chi connectivity index (χ4v) is 3.82. The molecule has 0 saturated carbocycles. The van der Waals surface area contributed by atoms with E-state index in [0.29, 0.717) is 16.7 Å². The first kappa shape index (κ1) is 42.2. The molecule has 0 fully saturated rings. The molecule has 0 unspecified atom stereocenters. The molecule has 3 aromatic rings. The Bertz CT molecular complexity index is 1390. The van der Waals surface area contributed by atoms with E-state index in [4.69, 9.17) is 10.8 Å². The van der Waals surface area contributed by atoms with Gasteiger partial charge in [-0.3, -0.25) is 0 Å². The highest BCUT2D eigenvalue weighted by Crippen LogP contribution is 2.26. The third kappa shape index (κ3) is 11.9. The van der Waals surface area contributed by atoms with Crippen LogP contribution in [-0.2, 0) is 26.1 Å². The Morgan fingerprint density at radius 2 is 0.826 bits per heavy atom. The first-order valence-electron chi connectivity index (χ1n) is 14.5. The quantitative estimate of drug-likeness (QED) is 0.260. The van der Waals surface area contributed by atoms with Crippen LogP contribution in [0, 0.1) is 0 Å². The number of methoxy groups -OCH3 is 2. The SMILES string of the molecule is CN(C)C(C)(C)c1ccc(C(=O)O)cc1.COC(=O)c1ccc(C(C)(C)N(C)C)cc1.COC(=O)c1ccc(C(C)(C)N)cc1.Cl. The fraction of sp³-hybridized carbons (Fsp3) is 0.417. The van der Waals surface area contributed by atoms with Crippen molar-refractivity contribution in [3.8, 4) is 0 Å². The van der Waals surface area contributed by atoms with E-state index in [2.05, 4.69) is 47.0 Å². The van der Waals surface area contributed by atoms with Gasteiger partial charge < -0.3 is 30.1 Å². The van der Waals surface area contributed by atoms with Crippen LogP contribution in [-0.4, -0.2) is 75.2 Å². The van der Waals surface area contributed by atoms with Crippen LogP contribution < -0.4 is 5.73 Å². The number of halogens is 1. The number of carbonyl (C=O) groups excluding carboxylic acids is 2. The topological polar surface area (TPSA) is 122 Å². The Morgan fingerprint density at radius 1 is 0.565 bits per heavy atom. The largest absolute Gasteiger partial charge is 0.478 e. The van der Waals surface area contributed by atoms with Crippen LogP contribution in [0.3, 0.4) is 0 Å². The van der Waals surface area contributed by atoms with Crippen LogP contribution in [0.15, 0.2) is 72.8 Å². The molecule has 0 aliphatic rings. The first-order chi connectivity index (χ1) is 20.7. The van der Waals surface area contributed by atoms with Gasteiger partial charge in [0.2, 0.25) is 0 Å². The van der Waals surface area contributed by atoms with Crippen LogP contribution in [0.25, 0.3) is 0 Å². The summed E-state index contributed by atoms with van der Waals surface area (Å²) in [6, 6.07) is 21.7. The van der Waals surface area contributed by atoms with Gasteiger partial charge in [0.25, 0.3) is 0 Å². The Balaban J connectivity index is 0.000000655. The maximum Gasteiger partial charge on any atom is 0.337 e. The smallest absolute Gasteiger partial charge is 0.337 e. The van der Waals surface area contributed by atoms with Crippen molar-refractivity contribution >= 4 is 30.3 Å². The van der Waals surface area contributed by atoms with Crippen molar-refractivity contribution in [2.75, 3.05) is 42.4 Å². The third-order valence-corrected chi connectivity index (χ3v) is 8.14. The molecule has 9 nitrogen and oxygen atoms in total. The van der Waals surface area contributed by atoms with Crippen LogP contribution in [0.5, 0.6) is 0 Å². The number of aromatic carboxylic acids is 1. The van der Waals surface area contributed by atoms with Gasteiger partial charge in [0, 0.05) is 16.6 Å². The summed E-state index contributed by atoms with van der Waals surface area (Å²) in [6.07, 6.45) is 0. The Hall–Kier alpha value is -3.76. The lowest BCUT2D eigenvalue weighted by Gasteiger charge is -2.33. The normalized spacial score (nSPS) is 11.3. The molecule has 254 valence electrons. The minimum atomic E-state index is -0.885. The molecule has 0 radical (unpaired) electrons. The maximum atomic E-state index is 11.3. The van der Waals surface area contributed by atoms with Crippen molar-refractivity contribution in [2.45, 2.75) is 58.2 Å². The number of nitrogens with two attached hydrogens (primary N) is 1. The highest BCUT2D eigenvalue weighted by Gasteiger charge is 2.24. The molecule has 10 heteroatoms. The Kier molecular flexibility index (Phi) is 16.4. The van der Waals surface area contributed by atoms with Crippen LogP contribution in [0.4, 0.5) is 0 Å². The second-order valence-electron chi connectivity index (χ2n) is 12.6. The minimum absolute atomic E-state index is 0. The Morgan fingerprint density at radius 3 is 1.04 bits per heavy atom. The molecule has 46 heavy (non-hydrogen) atoms. The highest BCUT2D eigenvalue weighted by atomic mass is 35.5. The van der Waals surface area contributed by atoms with Crippen molar-refractivity contribution in [3.05, 3.63) is 106 Å². The summed E-state index contributed by atoms with van der Waals surface area (Å²) in [5.74, 6) is -1.51. The summed E-state index contributed by atoms with van der Waals surface area (Å²) < 4.78 is 9.25. The number of carboxylic acids is 1. The molecule has 3 aromatic carbocycles.